The van der Waals surface area contributed by atoms with Crippen molar-refractivity contribution in [3.63, 3.8) is 0 Å². The molecule has 0 saturated carbocycles. The molecule has 2 heteroatoms. The monoisotopic (exact) mass is 154 g/mol. The zero-order chi connectivity index (χ0) is 8.27. The number of hydrogen-bond donors (Lipinski definition) is 1. The van der Waals surface area contributed by atoms with Crippen LogP contribution in [0.15, 0.2) is 12.3 Å². The number of rotatable bonds is 2. The minimum atomic E-state index is 0.705. The molecule has 0 radical (unpaired) electrons. The molecule has 0 spiro atoms. The SMILES string of the molecule is C=C(NC)C1CCN(C)CC1. The summed E-state index contributed by atoms with van der Waals surface area (Å²) < 4.78 is 0. The average molecular weight is 154 g/mol. The van der Waals surface area contributed by atoms with Gasteiger partial charge in [0, 0.05) is 18.7 Å². The Morgan fingerprint density at radius 1 is 1.45 bits per heavy atom. The van der Waals surface area contributed by atoms with Crippen molar-refractivity contribution in [2.45, 2.75) is 12.8 Å². The number of allylic oxidation sites excluding steroid dienone is 1. The van der Waals surface area contributed by atoms with E-state index in [9.17, 15) is 0 Å². The molecule has 0 aromatic heterocycles. The van der Waals surface area contributed by atoms with E-state index in [1.807, 2.05) is 7.05 Å². The lowest BCUT2D eigenvalue weighted by molar-refractivity contribution is 0.235. The van der Waals surface area contributed by atoms with E-state index in [2.05, 4.69) is 23.8 Å². The first-order valence-corrected chi connectivity index (χ1v) is 4.29. The summed E-state index contributed by atoms with van der Waals surface area (Å²) >= 11 is 0. The van der Waals surface area contributed by atoms with Gasteiger partial charge < -0.3 is 10.2 Å². The fourth-order valence-corrected chi connectivity index (χ4v) is 1.56. The zero-order valence-corrected chi connectivity index (χ0v) is 7.56. The topological polar surface area (TPSA) is 15.3 Å². The Hall–Kier alpha value is -0.500. The fraction of sp³-hybridized carbons (Fsp3) is 0.778. The summed E-state index contributed by atoms with van der Waals surface area (Å²) in [5.41, 5.74) is 1.21. The van der Waals surface area contributed by atoms with Gasteiger partial charge in [0.1, 0.15) is 0 Å². The van der Waals surface area contributed by atoms with Crippen LogP contribution in [0.3, 0.4) is 0 Å². The maximum absolute atomic E-state index is 3.99. The highest BCUT2D eigenvalue weighted by molar-refractivity contribution is 4.98. The molecule has 1 fully saturated rings. The molecule has 11 heavy (non-hydrogen) atoms. The molecule has 1 aliphatic rings. The van der Waals surface area contributed by atoms with Crippen LogP contribution in [0.5, 0.6) is 0 Å². The van der Waals surface area contributed by atoms with Gasteiger partial charge in [-0.1, -0.05) is 6.58 Å². The molecule has 0 aromatic carbocycles. The minimum Gasteiger partial charge on any atom is -0.392 e. The second kappa shape index (κ2) is 3.77. The molecular formula is C9H18N2. The van der Waals surface area contributed by atoms with Gasteiger partial charge in [0.05, 0.1) is 0 Å². The van der Waals surface area contributed by atoms with Gasteiger partial charge in [-0.3, -0.25) is 0 Å². The van der Waals surface area contributed by atoms with Gasteiger partial charge in [0.15, 0.2) is 0 Å². The van der Waals surface area contributed by atoms with Gasteiger partial charge in [0.25, 0.3) is 0 Å². The molecule has 0 aliphatic carbocycles. The van der Waals surface area contributed by atoms with Gasteiger partial charge in [-0.25, -0.2) is 0 Å². The lowest BCUT2D eigenvalue weighted by Crippen LogP contribution is -2.32. The quantitative estimate of drug-likeness (QED) is 0.640. The standard InChI is InChI=1S/C9H18N2/c1-8(10-2)9-4-6-11(3)7-5-9/h9-10H,1,4-7H2,2-3H3. The third-order valence-corrected chi connectivity index (χ3v) is 2.53. The molecule has 1 aliphatic heterocycles. The zero-order valence-electron chi connectivity index (χ0n) is 7.56. The maximum Gasteiger partial charge on any atom is 0.00635 e. The van der Waals surface area contributed by atoms with Crippen molar-refractivity contribution in [1.29, 1.82) is 0 Å². The van der Waals surface area contributed by atoms with E-state index in [0.29, 0.717) is 5.92 Å². The third-order valence-electron chi connectivity index (χ3n) is 2.53. The fourth-order valence-electron chi connectivity index (χ4n) is 1.56. The van der Waals surface area contributed by atoms with Crippen molar-refractivity contribution in [3.05, 3.63) is 12.3 Å². The average Bonchev–Trinajstić information content (AvgIpc) is 2.05. The molecule has 1 rings (SSSR count). The smallest absolute Gasteiger partial charge is 0.00635 e. The van der Waals surface area contributed by atoms with Crippen LogP contribution in [0, 0.1) is 5.92 Å². The van der Waals surface area contributed by atoms with Gasteiger partial charge >= 0.3 is 0 Å². The van der Waals surface area contributed by atoms with E-state index in [-0.39, 0.29) is 0 Å². The summed E-state index contributed by atoms with van der Waals surface area (Å²) in [6, 6.07) is 0. The number of piperidine rings is 1. The summed E-state index contributed by atoms with van der Waals surface area (Å²) in [6.07, 6.45) is 2.52. The molecule has 0 aromatic rings. The highest BCUT2D eigenvalue weighted by Gasteiger charge is 2.17. The van der Waals surface area contributed by atoms with Crippen LogP contribution in [0.25, 0.3) is 0 Å². The normalized spacial score (nSPS) is 21.6. The van der Waals surface area contributed by atoms with Crippen LogP contribution in [-0.4, -0.2) is 32.1 Å². The summed E-state index contributed by atoms with van der Waals surface area (Å²) in [4.78, 5) is 2.37. The highest BCUT2D eigenvalue weighted by atomic mass is 15.1. The minimum absolute atomic E-state index is 0.705. The molecular weight excluding hydrogens is 136 g/mol. The second-order valence-corrected chi connectivity index (χ2v) is 3.35. The van der Waals surface area contributed by atoms with E-state index in [1.165, 1.54) is 31.6 Å². The van der Waals surface area contributed by atoms with Crippen LogP contribution in [0.2, 0.25) is 0 Å². The Labute approximate surface area is 69.3 Å². The van der Waals surface area contributed by atoms with E-state index in [1.54, 1.807) is 0 Å². The summed E-state index contributed by atoms with van der Waals surface area (Å²) in [5.74, 6) is 0.705. The van der Waals surface area contributed by atoms with Crippen LogP contribution in [-0.2, 0) is 0 Å². The molecule has 2 nitrogen and oxygen atoms in total. The van der Waals surface area contributed by atoms with E-state index >= 15 is 0 Å². The number of nitrogens with one attached hydrogen (secondary N) is 1. The molecule has 0 bridgehead atoms. The molecule has 0 unspecified atom stereocenters. The van der Waals surface area contributed by atoms with Gasteiger partial charge in [-0.15, -0.1) is 0 Å². The summed E-state index contributed by atoms with van der Waals surface area (Å²) in [6.45, 7) is 6.42. The van der Waals surface area contributed by atoms with Crippen LogP contribution >= 0.6 is 0 Å². The van der Waals surface area contributed by atoms with Crippen LogP contribution in [0.4, 0.5) is 0 Å². The van der Waals surface area contributed by atoms with Crippen molar-refractivity contribution >= 4 is 0 Å². The van der Waals surface area contributed by atoms with E-state index < -0.39 is 0 Å². The van der Waals surface area contributed by atoms with Gasteiger partial charge in [0.2, 0.25) is 0 Å². The van der Waals surface area contributed by atoms with Crippen LogP contribution in [0.1, 0.15) is 12.8 Å². The van der Waals surface area contributed by atoms with Crippen LogP contribution < -0.4 is 5.32 Å². The van der Waals surface area contributed by atoms with Crippen molar-refractivity contribution in [3.8, 4) is 0 Å². The van der Waals surface area contributed by atoms with Crippen molar-refractivity contribution in [2.75, 3.05) is 27.2 Å². The molecule has 1 heterocycles. The van der Waals surface area contributed by atoms with E-state index in [4.69, 9.17) is 0 Å². The van der Waals surface area contributed by atoms with Crippen molar-refractivity contribution in [2.24, 2.45) is 5.92 Å². The van der Waals surface area contributed by atoms with Gasteiger partial charge in [-0.05, 0) is 33.0 Å². The predicted octanol–water partition coefficient (Wildman–Crippen LogP) is 1.06. The largest absolute Gasteiger partial charge is 0.392 e. The summed E-state index contributed by atoms with van der Waals surface area (Å²) in [5, 5.41) is 3.14. The molecule has 0 atom stereocenters. The second-order valence-electron chi connectivity index (χ2n) is 3.35. The van der Waals surface area contributed by atoms with Gasteiger partial charge in [-0.2, -0.15) is 0 Å². The number of hydrogen-bond acceptors (Lipinski definition) is 2. The van der Waals surface area contributed by atoms with Crippen molar-refractivity contribution < 1.29 is 0 Å². The highest BCUT2D eigenvalue weighted by Crippen LogP contribution is 2.20. The first kappa shape index (κ1) is 8.60. The molecule has 0 amide bonds. The van der Waals surface area contributed by atoms with E-state index in [0.717, 1.165) is 0 Å². The first-order valence-electron chi connectivity index (χ1n) is 4.29. The summed E-state index contributed by atoms with van der Waals surface area (Å²) in [7, 11) is 4.14. The predicted molar refractivity (Wildman–Crippen MR) is 48.4 cm³/mol. The first-order chi connectivity index (χ1) is 5.24. The Balaban J connectivity index is 2.33. The Kier molecular flexibility index (Phi) is 2.94. The molecule has 1 saturated heterocycles. The Morgan fingerprint density at radius 2 is 2.00 bits per heavy atom. The molecule has 1 N–H and O–H groups in total. The Morgan fingerprint density at radius 3 is 2.45 bits per heavy atom. The van der Waals surface area contributed by atoms with Crippen molar-refractivity contribution in [1.82, 2.24) is 10.2 Å². The number of nitrogens with zero attached hydrogens (tertiary/aromatic N) is 1. The lowest BCUT2D eigenvalue weighted by Gasteiger charge is -2.29. The number of likely N-dealkylation sites (tertiary alicyclic amines) is 1. The molecule has 64 valence electrons. The lowest BCUT2D eigenvalue weighted by atomic mass is 9.94. The Bertz CT molecular complexity index is 134. The maximum atomic E-state index is 3.99. The third kappa shape index (κ3) is 2.22.